The fourth-order valence-corrected chi connectivity index (χ4v) is 3.17. The summed E-state index contributed by atoms with van der Waals surface area (Å²) in [6.07, 6.45) is 9.13. The molecular formula is C15H27N3O. The Balaban J connectivity index is 2.10. The summed E-state index contributed by atoms with van der Waals surface area (Å²) in [5, 5.41) is 3.57. The molecule has 0 saturated heterocycles. The third-order valence-corrected chi connectivity index (χ3v) is 4.26. The van der Waals surface area contributed by atoms with Gasteiger partial charge in [-0.1, -0.05) is 19.8 Å². The first kappa shape index (κ1) is 14.4. The van der Waals surface area contributed by atoms with Crippen molar-refractivity contribution in [3.8, 4) is 0 Å². The molecule has 2 rings (SSSR count). The Hall–Kier alpha value is -1.03. The highest BCUT2D eigenvalue weighted by molar-refractivity contribution is 4.88. The second-order valence-electron chi connectivity index (χ2n) is 5.94. The molecule has 0 spiro atoms. The van der Waals surface area contributed by atoms with Crippen LogP contribution in [0.15, 0.2) is 17.2 Å². The van der Waals surface area contributed by atoms with Crippen LogP contribution in [0.4, 0.5) is 0 Å². The Morgan fingerprint density at radius 2 is 2.00 bits per heavy atom. The Morgan fingerprint density at radius 1 is 1.32 bits per heavy atom. The van der Waals surface area contributed by atoms with E-state index >= 15 is 0 Å². The van der Waals surface area contributed by atoms with Crippen molar-refractivity contribution >= 4 is 0 Å². The van der Waals surface area contributed by atoms with Crippen LogP contribution in [0, 0.1) is 5.92 Å². The maximum atomic E-state index is 12.3. The van der Waals surface area contributed by atoms with E-state index in [4.69, 9.17) is 0 Å². The molecule has 1 aromatic heterocycles. The summed E-state index contributed by atoms with van der Waals surface area (Å²) in [6.45, 7) is 8.01. The van der Waals surface area contributed by atoms with Gasteiger partial charge < -0.3 is 5.32 Å². The van der Waals surface area contributed by atoms with Crippen LogP contribution >= 0.6 is 0 Å². The number of hydrogen-bond donors (Lipinski definition) is 1. The van der Waals surface area contributed by atoms with E-state index in [2.05, 4.69) is 12.2 Å². The normalized spacial score (nSPS) is 18.3. The largest absolute Gasteiger partial charge is 0.328 e. The molecule has 1 saturated carbocycles. The number of aromatic nitrogens is 2. The van der Waals surface area contributed by atoms with Crippen molar-refractivity contribution in [2.45, 2.75) is 65.1 Å². The summed E-state index contributed by atoms with van der Waals surface area (Å²) < 4.78 is 3.67. The standard InChI is InChI=1S/C15H27N3O/c1-4-16-14(13-7-5-6-8-13)11-17-9-10-18(12(2)3)15(17)19/h9-10,12-14,16H,4-8,11H2,1-3H3. The van der Waals surface area contributed by atoms with Gasteiger partial charge in [0.1, 0.15) is 0 Å². The van der Waals surface area contributed by atoms with Crippen LogP contribution in [0.3, 0.4) is 0 Å². The molecule has 1 aliphatic carbocycles. The third kappa shape index (κ3) is 3.30. The molecule has 0 bridgehead atoms. The van der Waals surface area contributed by atoms with Crippen molar-refractivity contribution < 1.29 is 0 Å². The molecule has 1 aromatic rings. The molecule has 0 aliphatic heterocycles. The van der Waals surface area contributed by atoms with Crippen molar-refractivity contribution in [2.75, 3.05) is 6.54 Å². The van der Waals surface area contributed by atoms with Gasteiger partial charge in [0, 0.05) is 31.0 Å². The Labute approximate surface area is 115 Å². The van der Waals surface area contributed by atoms with Crippen molar-refractivity contribution in [1.29, 1.82) is 0 Å². The van der Waals surface area contributed by atoms with E-state index in [1.54, 1.807) is 4.57 Å². The molecule has 4 heteroatoms. The first-order valence-corrected chi connectivity index (χ1v) is 7.64. The van der Waals surface area contributed by atoms with Gasteiger partial charge in [0.05, 0.1) is 0 Å². The maximum absolute atomic E-state index is 12.3. The molecule has 1 unspecified atom stereocenters. The minimum Gasteiger partial charge on any atom is -0.312 e. The molecule has 0 radical (unpaired) electrons. The molecule has 19 heavy (non-hydrogen) atoms. The quantitative estimate of drug-likeness (QED) is 0.858. The smallest absolute Gasteiger partial charge is 0.312 e. The van der Waals surface area contributed by atoms with E-state index in [1.165, 1.54) is 25.7 Å². The molecule has 1 heterocycles. The SMILES string of the molecule is CCNC(Cn1ccn(C(C)C)c1=O)C1CCCC1. The van der Waals surface area contributed by atoms with Crippen LogP contribution in [-0.4, -0.2) is 21.7 Å². The van der Waals surface area contributed by atoms with E-state index < -0.39 is 0 Å². The highest BCUT2D eigenvalue weighted by Crippen LogP contribution is 2.28. The summed E-state index contributed by atoms with van der Waals surface area (Å²) in [7, 11) is 0. The van der Waals surface area contributed by atoms with E-state index in [9.17, 15) is 4.79 Å². The molecule has 1 aliphatic rings. The highest BCUT2D eigenvalue weighted by Gasteiger charge is 2.25. The lowest BCUT2D eigenvalue weighted by Crippen LogP contribution is -2.41. The Morgan fingerprint density at radius 3 is 2.53 bits per heavy atom. The number of imidazole rings is 1. The van der Waals surface area contributed by atoms with Crippen LogP contribution in [0.2, 0.25) is 0 Å². The van der Waals surface area contributed by atoms with E-state index in [0.717, 1.165) is 19.0 Å². The van der Waals surface area contributed by atoms with Gasteiger partial charge in [-0.15, -0.1) is 0 Å². The molecule has 4 nitrogen and oxygen atoms in total. The average Bonchev–Trinajstić information content (AvgIpc) is 2.99. The molecule has 108 valence electrons. The summed E-state index contributed by atoms with van der Waals surface area (Å²) in [6, 6.07) is 0.672. The van der Waals surface area contributed by atoms with E-state index in [0.29, 0.717) is 6.04 Å². The summed E-state index contributed by atoms with van der Waals surface area (Å²) in [5.41, 5.74) is 0.121. The molecule has 0 aromatic carbocycles. The van der Waals surface area contributed by atoms with Gasteiger partial charge >= 0.3 is 5.69 Å². The van der Waals surface area contributed by atoms with Gasteiger partial charge in [-0.05, 0) is 39.2 Å². The van der Waals surface area contributed by atoms with Crippen molar-refractivity contribution in [3.63, 3.8) is 0 Å². The summed E-state index contributed by atoms with van der Waals surface area (Å²) >= 11 is 0. The number of nitrogens with one attached hydrogen (secondary N) is 1. The monoisotopic (exact) mass is 265 g/mol. The minimum atomic E-state index is 0.121. The fourth-order valence-electron chi connectivity index (χ4n) is 3.17. The molecule has 0 amide bonds. The molecule has 1 atom stereocenters. The second-order valence-corrected chi connectivity index (χ2v) is 5.94. The first-order chi connectivity index (χ1) is 9.13. The summed E-state index contributed by atoms with van der Waals surface area (Å²) in [4.78, 5) is 12.3. The highest BCUT2D eigenvalue weighted by atomic mass is 16.1. The van der Waals surface area contributed by atoms with Gasteiger partial charge in [-0.25, -0.2) is 4.79 Å². The lowest BCUT2D eigenvalue weighted by Gasteiger charge is -2.24. The third-order valence-electron chi connectivity index (χ3n) is 4.26. The van der Waals surface area contributed by atoms with E-state index in [-0.39, 0.29) is 11.7 Å². The van der Waals surface area contributed by atoms with Gasteiger partial charge in [0.15, 0.2) is 0 Å². The van der Waals surface area contributed by atoms with Crippen LogP contribution in [0.25, 0.3) is 0 Å². The minimum absolute atomic E-state index is 0.121. The topological polar surface area (TPSA) is 39.0 Å². The van der Waals surface area contributed by atoms with Crippen LogP contribution in [-0.2, 0) is 6.54 Å². The number of rotatable bonds is 6. The maximum Gasteiger partial charge on any atom is 0.328 e. The van der Waals surface area contributed by atoms with Crippen molar-refractivity contribution in [2.24, 2.45) is 5.92 Å². The molecule has 1 fully saturated rings. The van der Waals surface area contributed by atoms with E-state index in [1.807, 2.05) is 30.8 Å². The Kier molecular flexibility index (Phi) is 4.86. The Bertz CT molecular complexity index is 440. The number of nitrogens with zero attached hydrogens (tertiary/aromatic N) is 2. The average molecular weight is 265 g/mol. The predicted octanol–water partition coefficient (Wildman–Crippen LogP) is 2.40. The fraction of sp³-hybridized carbons (Fsp3) is 0.800. The summed E-state index contributed by atoms with van der Waals surface area (Å²) in [5.74, 6) is 0.731. The van der Waals surface area contributed by atoms with Crippen LogP contribution < -0.4 is 11.0 Å². The van der Waals surface area contributed by atoms with Crippen molar-refractivity contribution in [1.82, 2.24) is 14.5 Å². The molecular weight excluding hydrogens is 238 g/mol. The van der Waals surface area contributed by atoms with Gasteiger partial charge in [-0.2, -0.15) is 0 Å². The zero-order chi connectivity index (χ0) is 13.8. The predicted molar refractivity (Wildman–Crippen MR) is 78.5 cm³/mol. The lowest BCUT2D eigenvalue weighted by molar-refractivity contribution is 0.322. The first-order valence-electron chi connectivity index (χ1n) is 7.64. The zero-order valence-electron chi connectivity index (χ0n) is 12.4. The van der Waals surface area contributed by atoms with Gasteiger partial charge in [0.2, 0.25) is 0 Å². The van der Waals surface area contributed by atoms with Crippen molar-refractivity contribution in [3.05, 3.63) is 22.9 Å². The van der Waals surface area contributed by atoms with Gasteiger partial charge in [0.25, 0.3) is 0 Å². The van der Waals surface area contributed by atoms with Crippen LogP contribution in [0.1, 0.15) is 52.5 Å². The number of hydrogen-bond acceptors (Lipinski definition) is 2. The molecule has 1 N–H and O–H groups in total. The zero-order valence-corrected chi connectivity index (χ0v) is 12.4. The van der Waals surface area contributed by atoms with Gasteiger partial charge in [-0.3, -0.25) is 9.13 Å². The second kappa shape index (κ2) is 6.42. The number of likely N-dealkylation sites (N-methyl/N-ethyl adjacent to an activating group) is 1. The lowest BCUT2D eigenvalue weighted by atomic mass is 9.98. The van der Waals surface area contributed by atoms with Crippen LogP contribution in [0.5, 0.6) is 0 Å².